The summed E-state index contributed by atoms with van der Waals surface area (Å²) in [6.07, 6.45) is 1.29. The number of nitrogens with zero attached hydrogens (tertiary/aromatic N) is 1. The van der Waals surface area contributed by atoms with Gasteiger partial charge in [-0.25, -0.2) is 0 Å². The molecule has 0 radical (unpaired) electrons. The van der Waals surface area contributed by atoms with Crippen molar-refractivity contribution in [2.45, 2.75) is 45.7 Å². The molecule has 0 saturated carbocycles. The zero-order valence-electron chi connectivity index (χ0n) is 21.0. The van der Waals surface area contributed by atoms with E-state index in [4.69, 9.17) is 9.47 Å². The monoisotopic (exact) mass is 486 g/mol. The van der Waals surface area contributed by atoms with E-state index in [9.17, 15) is 9.59 Å². The standard InChI is InChI=1S/C30H34N2O4/c1-22(2)19-31-30(34)26(17-23-9-5-3-6-10-23)32(20-25-11-7-4-8-12-25)29(33)16-14-24-13-15-27-28(18-24)36-21-35-27/h3-13,15,18,22,26H,14,16-17,19-21H2,1-2H3,(H,31,34). The fourth-order valence-electron chi connectivity index (χ4n) is 4.25. The van der Waals surface area contributed by atoms with Crippen molar-refractivity contribution in [3.05, 3.63) is 95.6 Å². The first-order valence-corrected chi connectivity index (χ1v) is 12.5. The minimum Gasteiger partial charge on any atom is -0.454 e. The van der Waals surface area contributed by atoms with Crippen LogP contribution in [0.15, 0.2) is 78.9 Å². The molecule has 1 aliphatic rings. The number of hydrogen-bond donors (Lipinski definition) is 1. The van der Waals surface area contributed by atoms with Gasteiger partial charge in [-0.1, -0.05) is 80.6 Å². The predicted octanol–water partition coefficient (Wildman–Crippen LogP) is 4.76. The van der Waals surface area contributed by atoms with E-state index in [2.05, 4.69) is 19.2 Å². The second-order valence-electron chi connectivity index (χ2n) is 9.54. The molecule has 2 amide bonds. The van der Waals surface area contributed by atoms with Crippen LogP contribution in [0.1, 0.15) is 37.0 Å². The van der Waals surface area contributed by atoms with Gasteiger partial charge in [0.15, 0.2) is 11.5 Å². The first kappa shape index (κ1) is 25.3. The third kappa shape index (κ3) is 6.87. The topological polar surface area (TPSA) is 67.9 Å². The van der Waals surface area contributed by atoms with Crippen LogP contribution in [-0.4, -0.2) is 36.1 Å². The summed E-state index contributed by atoms with van der Waals surface area (Å²) < 4.78 is 10.9. The summed E-state index contributed by atoms with van der Waals surface area (Å²) in [5, 5.41) is 3.06. The Hall–Kier alpha value is -3.80. The van der Waals surface area contributed by atoms with Crippen molar-refractivity contribution in [2.24, 2.45) is 5.92 Å². The van der Waals surface area contributed by atoms with Gasteiger partial charge >= 0.3 is 0 Å². The molecule has 3 aromatic carbocycles. The van der Waals surface area contributed by atoms with E-state index in [1.165, 1.54) is 0 Å². The minimum atomic E-state index is -0.615. The number of carbonyl (C=O) groups is 2. The molecule has 1 aliphatic heterocycles. The second-order valence-corrected chi connectivity index (χ2v) is 9.54. The van der Waals surface area contributed by atoms with Gasteiger partial charge in [0.1, 0.15) is 6.04 Å². The molecule has 1 unspecified atom stereocenters. The summed E-state index contributed by atoms with van der Waals surface area (Å²) in [6, 6.07) is 24.9. The molecule has 188 valence electrons. The SMILES string of the molecule is CC(C)CNC(=O)C(Cc1ccccc1)N(Cc1ccccc1)C(=O)CCc1ccc2c(c1)OCO2. The second kappa shape index (κ2) is 12.2. The number of amides is 2. The van der Waals surface area contributed by atoms with Crippen molar-refractivity contribution in [3.8, 4) is 11.5 Å². The Balaban J connectivity index is 1.57. The normalized spacial score (nSPS) is 12.9. The molecular weight excluding hydrogens is 452 g/mol. The summed E-state index contributed by atoms with van der Waals surface area (Å²) in [7, 11) is 0. The van der Waals surface area contributed by atoms with Crippen LogP contribution >= 0.6 is 0 Å². The van der Waals surface area contributed by atoms with Crippen LogP contribution in [0.2, 0.25) is 0 Å². The van der Waals surface area contributed by atoms with E-state index in [0.717, 1.165) is 22.4 Å². The maximum absolute atomic E-state index is 13.7. The molecule has 0 saturated heterocycles. The smallest absolute Gasteiger partial charge is 0.243 e. The Morgan fingerprint density at radius 3 is 2.22 bits per heavy atom. The molecule has 6 heteroatoms. The van der Waals surface area contributed by atoms with Crippen LogP contribution in [0, 0.1) is 5.92 Å². The lowest BCUT2D eigenvalue weighted by Gasteiger charge is -2.32. The van der Waals surface area contributed by atoms with Gasteiger partial charge in [0.05, 0.1) is 0 Å². The van der Waals surface area contributed by atoms with Gasteiger partial charge in [-0.05, 0) is 41.2 Å². The maximum atomic E-state index is 13.7. The lowest BCUT2D eigenvalue weighted by atomic mass is 10.0. The van der Waals surface area contributed by atoms with Gasteiger partial charge < -0.3 is 19.7 Å². The summed E-state index contributed by atoms with van der Waals surface area (Å²) in [5.74, 6) is 1.56. The van der Waals surface area contributed by atoms with Crippen LogP contribution in [0.5, 0.6) is 11.5 Å². The van der Waals surface area contributed by atoms with E-state index in [1.54, 1.807) is 4.90 Å². The quantitative estimate of drug-likeness (QED) is 0.424. The lowest BCUT2D eigenvalue weighted by Crippen LogP contribution is -2.51. The largest absolute Gasteiger partial charge is 0.454 e. The lowest BCUT2D eigenvalue weighted by molar-refractivity contribution is -0.141. The average Bonchev–Trinajstić information content (AvgIpc) is 3.37. The molecule has 36 heavy (non-hydrogen) atoms. The van der Waals surface area contributed by atoms with Crippen molar-refractivity contribution in [1.82, 2.24) is 10.2 Å². The van der Waals surface area contributed by atoms with E-state index < -0.39 is 6.04 Å². The first-order valence-electron chi connectivity index (χ1n) is 12.5. The first-order chi connectivity index (χ1) is 17.5. The van der Waals surface area contributed by atoms with Crippen LogP contribution in [-0.2, 0) is 29.0 Å². The van der Waals surface area contributed by atoms with Gasteiger partial charge in [-0.15, -0.1) is 0 Å². The molecule has 6 nitrogen and oxygen atoms in total. The summed E-state index contributed by atoms with van der Waals surface area (Å²) in [6.45, 7) is 5.27. The number of nitrogens with one attached hydrogen (secondary N) is 1. The number of carbonyl (C=O) groups excluding carboxylic acids is 2. The molecule has 1 atom stereocenters. The fraction of sp³-hybridized carbons (Fsp3) is 0.333. The molecule has 0 aliphatic carbocycles. The number of ether oxygens (including phenoxy) is 2. The van der Waals surface area contributed by atoms with Gasteiger partial charge in [0, 0.05) is 25.9 Å². The molecule has 4 rings (SSSR count). The van der Waals surface area contributed by atoms with Crippen LogP contribution in [0.25, 0.3) is 0 Å². The Morgan fingerprint density at radius 2 is 1.53 bits per heavy atom. The summed E-state index contributed by atoms with van der Waals surface area (Å²) in [4.78, 5) is 28.9. The third-order valence-corrected chi connectivity index (χ3v) is 6.22. The number of aryl methyl sites for hydroxylation is 1. The minimum absolute atomic E-state index is 0.0582. The molecule has 0 spiro atoms. The highest BCUT2D eigenvalue weighted by atomic mass is 16.7. The Labute approximate surface area is 213 Å². The molecule has 0 fully saturated rings. The van der Waals surface area contributed by atoms with Crippen LogP contribution < -0.4 is 14.8 Å². The number of hydrogen-bond acceptors (Lipinski definition) is 4. The van der Waals surface area contributed by atoms with Crippen molar-refractivity contribution in [3.63, 3.8) is 0 Å². The number of rotatable bonds is 11. The molecule has 0 aromatic heterocycles. The molecule has 3 aromatic rings. The predicted molar refractivity (Wildman–Crippen MR) is 140 cm³/mol. The van der Waals surface area contributed by atoms with Gasteiger partial charge in [0.2, 0.25) is 18.6 Å². The zero-order valence-corrected chi connectivity index (χ0v) is 21.0. The van der Waals surface area contributed by atoms with E-state index in [-0.39, 0.29) is 25.0 Å². The van der Waals surface area contributed by atoms with Crippen molar-refractivity contribution in [1.29, 1.82) is 0 Å². The van der Waals surface area contributed by atoms with E-state index >= 15 is 0 Å². The molecular formula is C30H34N2O4. The number of fused-ring (bicyclic) bond motifs is 1. The highest BCUT2D eigenvalue weighted by molar-refractivity contribution is 5.88. The Morgan fingerprint density at radius 1 is 0.861 bits per heavy atom. The van der Waals surface area contributed by atoms with Crippen molar-refractivity contribution in [2.75, 3.05) is 13.3 Å². The highest BCUT2D eigenvalue weighted by Gasteiger charge is 2.30. The summed E-state index contributed by atoms with van der Waals surface area (Å²) >= 11 is 0. The molecule has 1 heterocycles. The summed E-state index contributed by atoms with van der Waals surface area (Å²) in [5.41, 5.74) is 3.00. The Bertz CT molecular complexity index is 1150. The molecule has 1 N–H and O–H groups in total. The number of benzene rings is 3. The van der Waals surface area contributed by atoms with E-state index in [1.807, 2.05) is 78.9 Å². The fourth-order valence-corrected chi connectivity index (χ4v) is 4.25. The maximum Gasteiger partial charge on any atom is 0.243 e. The van der Waals surface area contributed by atoms with Gasteiger partial charge in [-0.2, -0.15) is 0 Å². The van der Waals surface area contributed by atoms with Crippen molar-refractivity contribution < 1.29 is 19.1 Å². The highest BCUT2D eigenvalue weighted by Crippen LogP contribution is 2.33. The van der Waals surface area contributed by atoms with Crippen molar-refractivity contribution >= 4 is 11.8 Å². The van der Waals surface area contributed by atoms with Crippen LogP contribution in [0.4, 0.5) is 0 Å². The average molecular weight is 487 g/mol. The van der Waals surface area contributed by atoms with E-state index in [0.29, 0.717) is 37.6 Å². The molecule has 0 bridgehead atoms. The Kier molecular flexibility index (Phi) is 8.61. The zero-order chi connectivity index (χ0) is 25.3. The third-order valence-electron chi connectivity index (χ3n) is 6.22. The van der Waals surface area contributed by atoms with Gasteiger partial charge in [0.25, 0.3) is 0 Å². The van der Waals surface area contributed by atoms with Gasteiger partial charge in [-0.3, -0.25) is 9.59 Å². The van der Waals surface area contributed by atoms with Crippen LogP contribution in [0.3, 0.4) is 0 Å².